The first-order valence-corrected chi connectivity index (χ1v) is 7.99. The molecule has 0 unspecified atom stereocenters. The highest BCUT2D eigenvalue weighted by atomic mass is 32.1. The first kappa shape index (κ1) is 15.1. The maximum atomic E-state index is 5.91. The van der Waals surface area contributed by atoms with Crippen LogP contribution in [0.1, 0.15) is 34.2 Å². The van der Waals surface area contributed by atoms with Crippen LogP contribution in [0, 0.1) is 13.8 Å². The highest BCUT2D eigenvalue weighted by Crippen LogP contribution is 2.22. The lowest BCUT2D eigenvalue weighted by Gasteiger charge is -2.08. The Morgan fingerprint density at radius 3 is 2.65 bits per heavy atom. The second-order valence-corrected chi connectivity index (χ2v) is 6.36. The highest BCUT2D eigenvalue weighted by molar-refractivity contribution is 7.11. The van der Waals surface area contributed by atoms with E-state index in [9.17, 15) is 0 Å². The van der Waals surface area contributed by atoms with E-state index in [1.165, 1.54) is 27.3 Å². The number of aryl methyl sites for hydroxylation is 2. The zero-order chi connectivity index (χ0) is 14.4. The molecular formula is C17H23NOS. The molecule has 0 aliphatic carbocycles. The number of ether oxygens (including phenoxy) is 1. The van der Waals surface area contributed by atoms with Crippen LogP contribution < -0.4 is 10.1 Å². The Morgan fingerprint density at radius 2 is 1.90 bits per heavy atom. The van der Waals surface area contributed by atoms with E-state index in [-0.39, 0.29) is 0 Å². The minimum atomic E-state index is 0.655. The largest absolute Gasteiger partial charge is 0.488 e. The third kappa shape index (κ3) is 4.36. The van der Waals surface area contributed by atoms with Crippen molar-refractivity contribution in [1.82, 2.24) is 5.32 Å². The molecule has 0 aliphatic rings. The van der Waals surface area contributed by atoms with Gasteiger partial charge in [0.15, 0.2) is 0 Å². The number of nitrogens with one attached hydrogen (secondary N) is 1. The fraction of sp³-hybridized carbons (Fsp3) is 0.412. The van der Waals surface area contributed by atoms with Crippen molar-refractivity contribution in [2.24, 2.45) is 0 Å². The summed E-state index contributed by atoms with van der Waals surface area (Å²) in [7, 11) is 0. The normalized spacial score (nSPS) is 10.8. The molecule has 0 amide bonds. The van der Waals surface area contributed by atoms with Crippen LogP contribution in [-0.4, -0.2) is 6.54 Å². The number of hydrogen-bond acceptors (Lipinski definition) is 3. The van der Waals surface area contributed by atoms with Crippen molar-refractivity contribution in [2.75, 3.05) is 6.54 Å². The summed E-state index contributed by atoms with van der Waals surface area (Å²) in [5, 5.41) is 3.42. The zero-order valence-electron chi connectivity index (χ0n) is 12.5. The quantitative estimate of drug-likeness (QED) is 0.761. The smallest absolute Gasteiger partial charge is 0.122 e. The van der Waals surface area contributed by atoms with Gasteiger partial charge < -0.3 is 10.1 Å². The van der Waals surface area contributed by atoms with Gasteiger partial charge in [0.05, 0.1) is 0 Å². The molecule has 1 aromatic heterocycles. The minimum Gasteiger partial charge on any atom is -0.488 e. The molecule has 3 heteroatoms. The Kier molecular flexibility index (Phi) is 5.62. The molecule has 0 spiro atoms. The average Bonchev–Trinajstić information content (AvgIpc) is 2.86. The lowest BCUT2D eigenvalue weighted by atomic mass is 10.1. The van der Waals surface area contributed by atoms with Crippen LogP contribution in [-0.2, 0) is 13.2 Å². The molecule has 0 bridgehead atoms. The van der Waals surface area contributed by atoms with Crippen molar-refractivity contribution in [3.63, 3.8) is 0 Å². The van der Waals surface area contributed by atoms with Crippen molar-refractivity contribution in [1.29, 1.82) is 0 Å². The van der Waals surface area contributed by atoms with E-state index >= 15 is 0 Å². The van der Waals surface area contributed by atoms with E-state index in [0.717, 1.165) is 18.8 Å². The molecular weight excluding hydrogens is 266 g/mol. The molecule has 2 rings (SSSR count). The molecule has 2 nitrogen and oxygen atoms in total. The summed E-state index contributed by atoms with van der Waals surface area (Å²) in [5.74, 6) is 0.981. The minimum absolute atomic E-state index is 0.655. The van der Waals surface area contributed by atoms with Crippen molar-refractivity contribution in [3.05, 3.63) is 51.2 Å². The first-order valence-electron chi connectivity index (χ1n) is 7.17. The summed E-state index contributed by atoms with van der Waals surface area (Å²) in [6.07, 6.45) is 1.17. The van der Waals surface area contributed by atoms with Crippen LogP contribution in [0.4, 0.5) is 0 Å². The predicted octanol–water partition coefficient (Wildman–Crippen LogP) is 4.44. The van der Waals surface area contributed by atoms with Gasteiger partial charge in [0.25, 0.3) is 0 Å². The van der Waals surface area contributed by atoms with Gasteiger partial charge >= 0.3 is 0 Å². The van der Waals surface area contributed by atoms with Crippen LogP contribution in [0.15, 0.2) is 30.3 Å². The summed E-state index contributed by atoms with van der Waals surface area (Å²) >= 11 is 1.82. The van der Waals surface area contributed by atoms with E-state index in [2.05, 4.69) is 56.4 Å². The lowest BCUT2D eigenvalue weighted by Crippen LogP contribution is -2.12. The van der Waals surface area contributed by atoms with Crippen LogP contribution in [0.25, 0.3) is 0 Å². The van der Waals surface area contributed by atoms with Crippen molar-refractivity contribution in [3.8, 4) is 5.75 Å². The molecule has 1 N–H and O–H groups in total. The number of thiophene rings is 1. The first-order chi connectivity index (χ1) is 9.69. The molecule has 2 aromatic rings. The fourth-order valence-electron chi connectivity index (χ4n) is 2.09. The van der Waals surface area contributed by atoms with Gasteiger partial charge in [-0.3, -0.25) is 0 Å². The van der Waals surface area contributed by atoms with E-state index in [1.807, 2.05) is 11.3 Å². The second-order valence-electron chi connectivity index (χ2n) is 5.10. The Morgan fingerprint density at radius 1 is 1.10 bits per heavy atom. The van der Waals surface area contributed by atoms with Crippen LogP contribution in [0.2, 0.25) is 0 Å². The fourth-order valence-corrected chi connectivity index (χ4v) is 2.99. The molecule has 1 heterocycles. The van der Waals surface area contributed by atoms with Crippen LogP contribution in [0.5, 0.6) is 5.75 Å². The topological polar surface area (TPSA) is 21.3 Å². The molecule has 0 saturated carbocycles. The zero-order valence-corrected chi connectivity index (χ0v) is 13.3. The van der Waals surface area contributed by atoms with Gasteiger partial charge in [-0.15, -0.1) is 11.3 Å². The van der Waals surface area contributed by atoms with Gasteiger partial charge in [0.1, 0.15) is 12.4 Å². The number of benzene rings is 1. The summed E-state index contributed by atoms with van der Waals surface area (Å²) < 4.78 is 5.91. The standard InChI is InChI=1S/C17H23NOS/c1-4-9-18-11-15-6-7-16(20-15)12-19-17-8-5-13(2)10-14(17)3/h5-8,10,18H,4,9,11-12H2,1-3H3. The number of rotatable bonds is 7. The lowest BCUT2D eigenvalue weighted by molar-refractivity contribution is 0.307. The second kappa shape index (κ2) is 7.46. The summed E-state index contributed by atoms with van der Waals surface area (Å²) in [4.78, 5) is 2.65. The van der Waals surface area contributed by atoms with Crippen LogP contribution >= 0.6 is 11.3 Å². The summed E-state index contributed by atoms with van der Waals surface area (Å²) in [5.41, 5.74) is 2.47. The monoisotopic (exact) mass is 289 g/mol. The van der Waals surface area contributed by atoms with Gasteiger partial charge in [-0.2, -0.15) is 0 Å². The highest BCUT2D eigenvalue weighted by Gasteiger charge is 2.03. The Balaban J connectivity index is 1.87. The molecule has 20 heavy (non-hydrogen) atoms. The van der Waals surface area contributed by atoms with Crippen LogP contribution in [0.3, 0.4) is 0 Å². The van der Waals surface area contributed by atoms with Crippen molar-refractivity contribution >= 4 is 11.3 Å². The Labute approximate surface area is 125 Å². The molecule has 0 fully saturated rings. The molecule has 1 aromatic carbocycles. The summed E-state index contributed by atoms with van der Waals surface area (Å²) in [6.45, 7) is 9.07. The third-order valence-electron chi connectivity index (χ3n) is 3.14. The van der Waals surface area contributed by atoms with Crippen molar-refractivity contribution in [2.45, 2.75) is 40.3 Å². The predicted molar refractivity (Wildman–Crippen MR) is 86.6 cm³/mol. The molecule has 0 saturated heterocycles. The van der Waals surface area contributed by atoms with Crippen molar-refractivity contribution < 1.29 is 4.74 Å². The maximum Gasteiger partial charge on any atom is 0.122 e. The van der Waals surface area contributed by atoms with Gasteiger partial charge in [0, 0.05) is 16.3 Å². The summed E-state index contributed by atoms with van der Waals surface area (Å²) in [6, 6.07) is 10.7. The van der Waals surface area contributed by atoms with Gasteiger partial charge in [-0.25, -0.2) is 0 Å². The average molecular weight is 289 g/mol. The third-order valence-corrected chi connectivity index (χ3v) is 4.20. The SMILES string of the molecule is CCCNCc1ccc(COc2ccc(C)cc2C)s1. The van der Waals surface area contributed by atoms with Gasteiger partial charge in [-0.1, -0.05) is 24.6 Å². The molecule has 108 valence electrons. The van der Waals surface area contributed by atoms with E-state index in [0.29, 0.717) is 6.61 Å². The van der Waals surface area contributed by atoms with Gasteiger partial charge in [0.2, 0.25) is 0 Å². The van der Waals surface area contributed by atoms with E-state index in [4.69, 9.17) is 4.74 Å². The molecule has 0 atom stereocenters. The molecule has 0 radical (unpaired) electrons. The molecule has 0 aliphatic heterocycles. The maximum absolute atomic E-state index is 5.91. The number of hydrogen-bond donors (Lipinski definition) is 1. The van der Waals surface area contributed by atoms with Gasteiger partial charge in [-0.05, 0) is 50.6 Å². The van der Waals surface area contributed by atoms with E-state index in [1.54, 1.807) is 0 Å². The van der Waals surface area contributed by atoms with E-state index < -0.39 is 0 Å². The Bertz CT molecular complexity index is 548. The Hall–Kier alpha value is -1.32.